The Bertz CT molecular complexity index is 860. The minimum Gasteiger partial charge on any atom is -0.512 e. The van der Waals surface area contributed by atoms with Gasteiger partial charge in [0.1, 0.15) is 0 Å². The number of ether oxygens (including phenoxy) is 1. The largest absolute Gasteiger partial charge is 0.512 e. The third-order valence-electron chi connectivity index (χ3n) is 5.39. The molecule has 1 aliphatic rings. The highest BCUT2D eigenvalue weighted by atomic mass is 16.5. The molecule has 0 heterocycles. The van der Waals surface area contributed by atoms with E-state index < -0.39 is 24.1 Å². The predicted octanol–water partition coefficient (Wildman–Crippen LogP) is 3.95. The Morgan fingerprint density at radius 3 is 2.23 bits per heavy atom. The number of aliphatic hydroxyl groups excluding tert-OH is 2. The van der Waals surface area contributed by atoms with E-state index in [1.54, 1.807) is 6.08 Å². The van der Waals surface area contributed by atoms with Gasteiger partial charge in [-0.25, -0.2) is 0 Å². The number of carbonyl (C=O) groups excluding carboxylic acids is 2. The lowest BCUT2D eigenvalue weighted by atomic mass is 9.99. The molecule has 0 saturated heterocycles. The van der Waals surface area contributed by atoms with E-state index in [2.05, 4.69) is 0 Å². The van der Waals surface area contributed by atoms with Gasteiger partial charge in [-0.1, -0.05) is 60.7 Å². The van der Waals surface area contributed by atoms with Gasteiger partial charge in [-0.2, -0.15) is 0 Å². The van der Waals surface area contributed by atoms with E-state index in [0.717, 1.165) is 18.4 Å². The molecule has 0 bridgehead atoms. The Morgan fingerprint density at radius 1 is 1.00 bits per heavy atom. The van der Waals surface area contributed by atoms with Crippen LogP contribution in [-0.2, 0) is 27.2 Å². The van der Waals surface area contributed by atoms with Crippen molar-refractivity contribution in [3.05, 3.63) is 83.6 Å². The molecule has 1 aliphatic carbocycles. The van der Waals surface area contributed by atoms with Crippen molar-refractivity contribution >= 4 is 11.8 Å². The number of carbonyl (C=O) groups is 2. The van der Waals surface area contributed by atoms with Crippen molar-refractivity contribution in [3.8, 4) is 0 Å². The van der Waals surface area contributed by atoms with Crippen LogP contribution >= 0.6 is 0 Å². The number of allylic oxidation sites excluding steroid dienone is 1. The van der Waals surface area contributed by atoms with Crippen LogP contribution in [0.5, 0.6) is 0 Å². The zero-order valence-corrected chi connectivity index (χ0v) is 16.9. The van der Waals surface area contributed by atoms with Crippen molar-refractivity contribution in [1.82, 2.24) is 0 Å². The summed E-state index contributed by atoms with van der Waals surface area (Å²) in [6.45, 7) is 0. The minimum absolute atomic E-state index is 0.0812. The fourth-order valence-electron chi connectivity index (χ4n) is 3.77. The normalized spacial score (nSPS) is 21.6. The molecule has 5 nitrogen and oxygen atoms in total. The fourth-order valence-corrected chi connectivity index (χ4v) is 3.77. The highest BCUT2D eigenvalue weighted by Crippen LogP contribution is 2.31. The molecule has 2 aromatic carbocycles. The molecule has 5 heteroatoms. The van der Waals surface area contributed by atoms with E-state index in [9.17, 15) is 19.8 Å². The van der Waals surface area contributed by atoms with Gasteiger partial charge >= 0.3 is 5.97 Å². The Balaban J connectivity index is 1.53. The van der Waals surface area contributed by atoms with E-state index in [4.69, 9.17) is 4.74 Å². The smallest absolute Gasteiger partial charge is 0.306 e. The van der Waals surface area contributed by atoms with Crippen LogP contribution in [0.15, 0.2) is 72.5 Å². The van der Waals surface area contributed by atoms with Crippen LogP contribution in [-0.4, -0.2) is 34.2 Å². The van der Waals surface area contributed by atoms with Crippen LogP contribution in [0, 0.1) is 5.92 Å². The zero-order valence-electron chi connectivity index (χ0n) is 16.9. The van der Waals surface area contributed by atoms with Crippen molar-refractivity contribution in [2.75, 3.05) is 0 Å². The molecule has 3 rings (SSSR count). The SMILES string of the molecule is O=C(CCc1ccccc1)OC1C(=O)CC(O)C1/C(O)=C/CCCc1ccccc1. The zero-order chi connectivity index (χ0) is 21.3. The molecule has 2 aromatic rings. The third kappa shape index (κ3) is 6.04. The number of Topliss-reactive ketones (excluding diaryl/α,β-unsaturated/α-hetero) is 1. The standard InChI is InChI=1S/C25H28O5/c26-20(14-8-7-13-18-9-3-1-4-10-18)24-21(27)17-22(28)25(24)30-23(29)16-15-19-11-5-2-6-12-19/h1-6,9-12,14,21,24-27H,7-8,13,15-17H2/b20-14-. The lowest BCUT2D eigenvalue weighted by molar-refractivity contribution is -0.156. The van der Waals surface area contributed by atoms with Gasteiger partial charge in [0.15, 0.2) is 11.9 Å². The van der Waals surface area contributed by atoms with Crippen LogP contribution in [0.4, 0.5) is 0 Å². The van der Waals surface area contributed by atoms with Crippen molar-refractivity contribution in [2.24, 2.45) is 5.92 Å². The van der Waals surface area contributed by atoms with Gasteiger partial charge in [0.05, 0.1) is 17.8 Å². The summed E-state index contributed by atoms with van der Waals surface area (Å²) in [7, 11) is 0. The number of hydrogen-bond acceptors (Lipinski definition) is 5. The molecular weight excluding hydrogens is 380 g/mol. The molecule has 0 radical (unpaired) electrons. The number of benzene rings is 2. The molecular formula is C25H28O5. The molecule has 0 spiro atoms. The molecule has 158 valence electrons. The average Bonchev–Trinajstić information content (AvgIpc) is 3.04. The Hall–Kier alpha value is -2.92. The summed E-state index contributed by atoms with van der Waals surface area (Å²) in [6.07, 6.45) is 2.27. The number of rotatable bonds is 9. The van der Waals surface area contributed by atoms with Gasteiger partial charge in [0, 0.05) is 12.8 Å². The van der Waals surface area contributed by atoms with E-state index in [-0.39, 0.29) is 24.4 Å². The van der Waals surface area contributed by atoms with E-state index in [0.29, 0.717) is 12.8 Å². The number of ketones is 1. The Morgan fingerprint density at radius 2 is 1.60 bits per heavy atom. The first kappa shape index (κ1) is 21.8. The van der Waals surface area contributed by atoms with Gasteiger partial charge in [-0.15, -0.1) is 0 Å². The van der Waals surface area contributed by atoms with E-state index >= 15 is 0 Å². The summed E-state index contributed by atoms with van der Waals surface area (Å²) in [5.41, 5.74) is 2.22. The number of unbranched alkanes of at least 4 members (excludes halogenated alkanes) is 1. The summed E-state index contributed by atoms with van der Waals surface area (Å²) in [5, 5.41) is 20.7. The van der Waals surface area contributed by atoms with Gasteiger partial charge in [0.2, 0.25) is 0 Å². The van der Waals surface area contributed by atoms with Crippen molar-refractivity contribution in [2.45, 2.75) is 50.7 Å². The molecule has 3 atom stereocenters. The van der Waals surface area contributed by atoms with Crippen LogP contribution < -0.4 is 0 Å². The van der Waals surface area contributed by atoms with E-state index in [1.165, 1.54) is 5.56 Å². The number of aryl methyl sites for hydroxylation is 2. The third-order valence-corrected chi connectivity index (χ3v) is 5.39. The second-order valence-electron chi connectivity index (χ2n) is 7.67. The summed E-state index contributed by atoms with van der Waals surface area (Å²) in [6, 6.07) is 19.6. The van der Waals surface area contributed by atoms with Gasteiger partial charge in [-0.3, -0.25) is 9.59 Å². The Labute approximate surface area is 177 Å². The second-order valence-corrected chi connectivity index (χ2v) is 7.67. The maximum atomic E-state index is 12.3. The van der Waals surface area contributed by atoms with Crippen LogP contribution in [0.2, 0.25) is 0 Å². The molecule has 0 amide bonds. The average molecular weight is 408 g/mol. The lowest BCUT2D eigenvalue weighted by Crippen LogP contribution is -2.32. The molecule has 0 aliphatic heterocycles. The summed E-state index contributed by atoms with van der Waals surface area (Å²) >= 11 is 0. The molecule has 0 aromatic heterocycles. The maximum Gasteiger partial charge on any atom is 0.306 e. The molecule has 3 unspecified atom stereocenters. The second kappa shape index (κ2) is 10.7. The number of hydrogen-bond donors (Lipinski definition) is 2. The first-order chi connectivity index (χ1) is 14.5. The first-order valence-corrected chi connectivity index (χ1v) is 10.4. The van der Waals surface area contributed by atoms with Crippen molar-refractivity contribution < 1.29 is 24.5 Å². The number of esters is 1. The minimum atomic E-state index is -1.13. The number of aliphatic hydroxyl groups is 2. The monoisotopic (exact) mass is 408 g/mol. The topological polar surface area (TPSA) is 83.8 Å². The van der Waals surface area contributed by atoms with Crippen molar-refractivity contribution in [1.29, 1.82) is 0 Å². The molecule has 2 N–H and O–H groups in total. The molecule has 1 saturated carbocycles. The summed E-state index contributed by atoms with van der Waals surface area (Å²) in [5.74, 6) is -1.84. The molecule has 1 fully saturated rings. The predicted molar refractivity (Wildman–Crippen MR) is 114 cm³/mol. The van der Waals surface area contributed by atoms with Gasteiger partial charge < -0.3 is 14.9 Å². The Kier molecular flexibility index (Phi) is 7.80. The van der Waals surface area contributed by atoms with Crippen molar-refractivity contribution in [3.63, 3.8) is 0 Å². The van der Waals surface area contributed by atoms with Crippen LogP contribution in [0.25, 0.3) is 0 Å². The fraction of sp³-hybridized carbons (Fsp3) is 0.360. The highest BCUT2D eigenvalue weighted by Gasteiger charge is 2.46. The molecule has 30 heavy (non-hydrogen) atoms. The van der Waals surface area contributed by atoms with Crippen LogP contribution in [0.3, 0.4) is 0 Å². The highest BCUT2D eigenvalue weighted by molar-refractivity contribution is 5.89. The maximum absolute atomic E-state index is 12.3. The van der Waals surface area contributed by atoms with Crippen LogP contribution in [0.1, 0.15) is 36.8 Å². The lowest BCUT2D eigenvalue weighted by Gasteiger charge is -2.20. The van der Waals surface area contributed by atoms with E-state index in [1.807, 2.05) is 60.7 Å². The van der Waals surface area contributed by atoms with Gasteiger partial charge in [0.25, 0.3) is 0 Å². The summed E-state index contributed by atoms with van der Waals surface area (Å²) < 4.78 is 5.38. The summed E-state index contributed by atoms with van der Waals surface area (Å²) in [4.78, 5) is 24.5. The first-order valence-electron chi connectivity index (χ1n) is 10.4. The van der Waals surface area contributed by atoms with Gasteiger partial charge in [-0.05, 0) is 42.9 Å². The quantitative estimate of drug-likeness (QED) is 0.373.